The molecule has 0 bridgehead atoms. The summed E-state index contributed by atoms with van der Waals surface area (Å²) in [5.74, 6) is 0.997. The van der Waals surface area contributed by atoms with Gasteiger partial charge in [-0.1, -0.05) is 70.2 Å². The standard InChI is InChI=1S/C31H43NO3/c1-7-30(34,8-2)18-17-24-11-12-25(19-22(24)5)31(9-3,10-4)26-13-15-28(23(6)20-26)35-21-27-14-16-29(33)32-27/h11-13,15,17-20,27,34H,7-10,14,16,21H2,1-6H3,(H,32,33)/t27-/m0/s1. The van der Waals surface area contributed by atoms with Gasteiger partial charge in [0.1, 0.15) is 12.4 Å². The zero-order valence-electron chi connectivity index (χ0n) is 22.4. The van der Waals surface area contributed by atoms with Crippen LogP contribution in [0.4, 0.5) is 0 Å². The van der Waals surface area contributed by atoms with Gasteiger partial charge in [-0.05, 0) is 79.8 Å². The Labute approximate surface area is 211 Å². The van der Waals surface area contributed by atoms with Crippen molar-refractivity contribution in [2.24, 2.45) is 0 Å². The lowest BCUT2D eigenvalue weighted by molar-refractivity contribution is -0.119. The molecule has 1 aliphatic rings. The first kappa shape index (κ1) is 27.0. The molecule has 1 fully saturated rings. The average molecular weight is 478 g/mol. The van der Waals surface area contributed by atoms with Gasteiger partial charge >= 0.3 is 0 Å². The summed E-state index contributed by atoms with van der Waals surface area (Å²) in [6, 6.07) is 13.4. The van der Waals surface area contributed by atoms with Crippen LogP contribution in [0.1, 0.15) is 94.0 Å². The molecule has 0 spiro atoms. The van der Waals surface area contributed by atoms with Gasteiger partial charge in [-0.2, -0.15) is 0 Å². The maximum atomic E-state index is 11.5. The molecule has 0 saturated carbocycles. The third-order valence-electron chi connectivity index (χ3n) is 8.08. The lowest BCUT2D eigenvalue weighted by Gasteiger charge is -2.34. The van der Waals surface area contributed by atoms with Gasteiger partial charge < -0.3 is 15.2 Å². The van der Waals surface area contributed by atoms with E-state index < -0.39 is 5.60 Å². The minimum absolute atomic E-state index is 0.0801. The summed E-state index contributed by atoms with van der Waals surface area (Å²) in [4.78, 5) is 11.5. The Balaban J connectivity index is 1.86. The van der Waals surface area contributed by atoms with Gasteiger partial charge in [0.15, 0.2) is 0 Å². The molecule has 1 atom stereocenters. The molecule has 2 aromatic carbocycles. The highest BCUT2D eigenvalue weighted by Gasteiger charge is 2.31. The molecular weight excluding hydrogens is 434 g/mol. The molecule has 1 heterocycles. The first-order chi connectivity index (χ1) is 16.7. The second kappa shape index (κ2) is 11.4. The van der Waals surface area contributed by atoms with Crippen LogP contribution in [0, 0.1) is 13.8 Å². The number of benzene rings is 2. The number of carbonyl (C=O) groups is 1. The second-order valence-electron chi connectivity index (χ2n) is 10.1. The van der Waals surface area contributed by atoms with Gasteiger partial charge in [0.2, 0.25) is 5.91 Å². The number of aryl methyl sites for hydroxylation is 2. The lowest BCUT2D eigenvalue weighted by atomic mass is 9.70. The summed E-state index contributed by atoms with van der Waals surface area (Å²) in [7, 11) is 0. The number of rotatable bonds is 11. The normalized spacial score (nSPS) is 16.7. The van der Waals surface area contributed by atoms with Gasteiger partial charge in [-0.25, -0.2) is 0 Å². The maximum Gasteiger partial charge on any atom is 0.220 e. The van der Waals surface area contributed by atoms with Crippen molar-refractivity contribution in [3.63, 3.8) is 0 Å². The maximum absolute atomic E-state index is 11.5. The third-order valence-corrected chi connectivity index (χ3v) is 8.08. The Kier molecular flexibility index (Phi) is 8.82. The van der Waals surface area contributed by atoms with Crippen molar-refractivity contribution in [2.45, 2.75) is 97.1 Å². The topological polar surface area (TPSA) is 58.6 Å². The molecule has 0 unspecified atom stereocenters. The first-order valence-corrected chi connectivity index (χ1v) is 13.3. The van der Waals surface area contributed by atoms with E-state index in [2.05, 4.69) is 75.5 Å². The fourth-order valence-electron chi connectivity index (χ4n) is 5.23. The number of carbonyl (C=O) groups excluding carboxylic acids is 1. The van der Waals surface area contributed by atoms with E-state index >= 15 is 0 Å². The van der Waals surface area contributed by atoms with Crippen LogP contribution in [0.25, 0.3) is 6.08 Å². The number of hydrogen-bond donors (Lipinski definition) is 2. The second-order valence-corrected chi connectivity index (χ2v) is 10.1. The Hall–Kier alpha value is -2.59. The van der Waals surface area contributed by atoms with Crippen molar-refractivity contribution in [3.8, 4) is 5.75 Å². The monoisotopic (exact) mass is 477 g/mol. The lowest BCUT2D eigenvalue weighted by Crippen LogP contribution is -2.31. The van der Waals surface area contributed by atoms with E-state index in [9.17, 15) is 9.90 Å². The molecule has 1 saturated heterocycles. The van der Waals surface area contributed by atoms with Crippen LogP contribution in [0.15, 0.2) is 42.5 Å². The van der Waals surface area contributed by atoms with Gasteiger partial charge in [0.25, 0.3) is 0 Å². The van der Waals surface area contributed by atoms with E-state index in [-0.39, 0.29) is 17.4 Å². The average Bonchev–Trinajstić information content (AvgIpc) is 3.28. The molecular formula is C31H43NO3. The van der Waals surface area contributed by atoms with Crippen molar-refractivity contribution >= 4 is 12.0 Å². The van der Waals surface area contributed by atoms with Crippen LogP contribution < -0.4 is 10.1 Å². The molecule has 3 rings (SSSR count). The molecule has 4 nitrogen and oxygen atoms in total. The molecule has 2 aromatic rings. The summed E-state index contributed by atoms with van der Waals surface area (Å²) < 4.78 is 6.07. The predicted octanol–water partition coefficient (Wildman–Crippen LogP) is 6.63. The predicted molar refractivity (Wildman–Crippen MR) is 145 cm³/mol. The quantitative estimate of drug-likeness (QED) is 0.382. The van der Waals surface area contributed by atoms with Crippen LogP contribution in [0.2, 0.25) is 0 Å². The van der Waals surface area contributed by atoms with Gasteiger partial charge in [0.05, 0.1) is 11.6 Å². The van der Waals surface area contributed by atoms with Gasteiger partial charge in [-0.15, -0.1) is 0 Å². The fraction of sp³-hybridized carbons (Fsp3) is 0.516. The molecule has 0 radical (unpaired) electrons. The Morgan fingerprint density at radius 3 is 2.11 bits per heavy atom. The Morgan fingerprint density at radius 2 is 1.60 bits per heavy atom. The number of nitrogens with one attached hydrogen (secondary N) is 1. The number of amides is 1. The zero-order chi connectivity index (χ0) is 25.6. The Bertz CT molecular complexity index is 1050. The molecule has 35 heavy (non-hydrogen) atoms. The number of ether oxygens (including phenoxy) is 1. The van der Waals surface area contributed by atoms with Gasteiger partial charge in [-0.3, -0.25) is 4.79 Å². The SMILES string of the molecule is CCC(O)(C=Cc1ccc(C(CC)(CC)c2ccc(OC[C@@H]3CCC(=O)N3)c(C)c2)cc1C)CC. The smallest absolute Gasteiger partial charge is 0.220 e. The molecule has 0 aromatic heterocycles. The van der Waals surface area contributed by atoms with Crippen LogP contribution >= 0.6 is 0 Å². The Morgan fingerprint density at radius 1 is 0.971 bits per heavy atom. The van der Waals surface area contributed by atoms with E-state index in [1.165, 1.54) is 16.7 Å². The van der Waals surface area contributed by atoms with Crippen LogP contribution in [0.5, 0.6) is 5.75 Å². The fourth-order valence-corrected chi connectivity index (χ4v) is 5.23. The van der Waals surface area contributed by atoms with Crippen molar-refractivity contribution in [2.75, 3.05) is 6.61 Å². The highest BCUT2D eigenvalue weighted by Crippen LogP contribution is 2.41. The summed E-state index contributed by atoms with van der Waals surface area (Å²) in [5.41, 5.74) is 5.28. The number of aliphatic hydroxyl groups is 1. The van der Waals surface area contributed by atoms with Crippen LogP contribution in [-0.4, -0.2) is 29.3 Å². The molecule has 1 aliphatic heterocycles. The molecule has 190 valence electrons. The summed E-state index contributed by atoms with van der Waals surface area (Å²) >= 11 is 0. The highest BCUT2D eigenvalue weighted by atomic mass is 16.5. The molecule has 4 heteroatoms. The first-order valence-electron chi connectivity index (χ1n) is 13.3. The van der Waals surface area contributed by atoms with Crippen LogP contribution in [0.3, 0.4) is 0 Å². The summed E-state index contributed by atoms with van der Waals surface area (Å²) in [6.45, 7) is 13.3. The zero-order valence-corrected chi connectivity index (χ0v) is 22.4. The van der Waals surface area contributed by atoms with Crippen molar-refractivity contribution in [1.29, 1.82) is 0 Å². The van der Waals surface area contributed by atoms with Crippen molar-refractivity contribution in [1.82, 2.24) is 5.32 Å². The minimum Gasteiger partial charge on any atom is -0.491 e. The van der Waals surface area contributed by atoms with Crippen LogP contribution in [-0.2, 0) is 10.2 Å². The number of hydrogen-bond acceptors (Lipinski definition) is 3. The van der Waals surface area contributed by atoms with E-state index in [1.807, 2.05) is 19.9 Å². The van der Waals surface area contributed by atoms with E-state index in [0.717, 1.165) is 36.1 Å². The molecule has 1 amide bonds. The molecule has 2 N–H and O–H groups in total. The molecule has 0 aliphatic carbocycles. The largest absolute Gasteiger partial charge is 0.491 e. The van der Waals surface area contributed by atoms with E-state index in [1.54, 1.807) is 0 Å². The van der Waals surface area contributed by atoms with Crippen molar-refractivity contribution in [3.05, 3.63) is 70.3 Å². The van der Waals surface area contributed by atoms with Crippen molar-refractivity contribution < 1.29 is 14.6 Å². The van der Waals surface area contributed by atoms with E-state index in [0.29, 0.717) is 25.9 Å². The third kappa shape index (κ3) is 5.98. The summed E-state index contributed by atoms with van der Waals surface area (Å²) in [6.07, 6.45) is 8.85. The summed E-state index contributed by atoms with van der Waals surface area (Å²) in [5, 5.41) is 13.6. The van der Waals surface area contributed by atoms with E-state index in [4.69, 9.17) is 4.74 Å². The van der Waals surface area contributed by atoms with Gasteiger partial charge in [0, 0.05) is 11.8 Å². The highest BCUT2D eigenvalue weighted by molar-refractivity contribution is 5.78. The minimum atomic E-state index is -0.744.